The van der Waals surface area contributed by atoms with Crippen LogP contribution < -0.4 is 11.1 Å². The van der Waals surface area contributed by atoms with Crippen LogP contribution in [-0.4, -0.2) is 11.9 Å². The third kappa shape index (κ3) is 2.12. The van der Waals surface area contributed by atoms with E-state index in [2.05, 4.69) is 21.2 Å². The molecule has 3 rings (SSSR count). The molecule has 2 bridgehead atoms. The predicted octanol–water partition coefficient (Wildman–Crippen LogP) is 2.50. The molecule has 1 aromatic heterocycles. The summed E-state index contributed by atoms with van der Waals surface area (Å²) in [7, 11) is 0. The Balaban J connectivity index is 1.61. The van der Waals surface area contributed by atoms with Gasteiger partial charge in [0.15, 0.2) is 0 Å². The minimum atomic E-state index is 0.0440. The van der Waals surface area contributed by atoms with Crippen molar-refractivity contribution in [1.29, 1.82) is 0 Å². The van der Waals surface area contributed by atoms with Gasteiger partial charge in [-0.05, 0) is 58.5 Å². The molecule has 4 atom stereocenters. The monoisotopic (exact) mass is 328 g/mol. The molecule has 0 aliphatic heterocycles. The Morgan fingerprint density at radius 3 is 2.89 bits per heavy atom. The van der Waals surface area contributed by atoms with E-state index in [0.717, 1.165) is 10.9 Å². The van der Waals surface area contributed by atoms with Gasteiger partial charge in [-0.1, -0.05) is 0 Å². The molecule has 1 amide bonds. The molecule has 18 heavy (non-hydrogen) atoms. The van der Waals surface area contributed by atoms with Crippen molar-refractivity contribution in [2.45, 2.75) is 31.8 Å². The molecular formula is C13H17BrN2OS. The minimum absolute atomic E-state index is 0.0440. The molecule has 3 nitrogen and oxygen atoms in total. The highest BCUT2D eigenvalue weighted by Gasteiger charge is 2.48. The van der Waals surface area contributed by atoms with Crippen LogP contribution in [0.25, 0.3) is 0 Å². The van der Waals surface area contributed by atoms with Gasteiger partial charge in [-0.2, -0.15) is 0 Å². The summed E-state index contributed by atoms with van der Waals surface area (Å²) in [4.78, 5) is 13.4. The topological polar surface area (TPSA) is 55.1 Å². The summed E-state index contributed by atoms with van der Waals surface area (Å²) in [5, 5.41) is 5.07. The average Bonchev–Trinajstić information content (AvgIpc) is 3.02. The van der Waals surface area contributed by atoms with Crippen molar-refractivity contribution in [2.75, 3.05) is 0 Å². The van der Waals surface area contributed by atoms with Crippen LogP contribution in [0.15, 0.2) is 15.9 Å². The quantitative estimate of drug-likeness (QED) is 0.895. The number of fused-ring (bicyclic) bond motifs is 2. The van der Waals surface area contributed by atoms with Crippen LogP contribution in [0.3, 0.4) is 0 Å². The standard InChI is InChI=1S/C13H17BrN2OS/c14-9-3-4-18-10(9)6-16-13(17)11-7-1-2-8(5-7)12(11)15/h3-4,7-8,11-12H,1-2,5-6,15H2,(H,16,17). The Labute approximate surface area is 119 Å². The largest absolute Gasteiger partial charge is 0.351 e. The van der Waals surface area contributed by atoms with Crippen LogP contribution in [0.2, 0.25) is 0 Å². The van der Waals surface area contributed by atoms with Gasteiger partial charge in [0.05, 0.1) is 12.5 Å². The SMILES string of the molecule is NC1C2CCC(C2)C1C(=O)NCc1sccc1Br. The van der Waals surface area contributed by atoms with E-state index < -0.39 is 0 Å². The first-order chi connectivity index (χ1) is 8.66. The zero-order chi connectivity index (χ0) is 12.7. The van der Waals surface area contributed by atoms with Crippen LogP contribution in [0.4, 0.5) is 0 Å². The normalized spacial score (nSPS) is 33.9. The fourth-order valence-corrected chi connectivity index (χ4v) is 4.89. The van der Waals surface area contributed by atoms with Crippen molar-refractivity contribution < 1.29 is 4.79 Å². The first kappa shape index (κ1) is 12.6. The van der Waals surface area contributed by atoms with Crippen molar-refractivity contribution >= 4 is 33.2 Å². The van der Waals surface area contributed by atoms with Gasteiger partial charge in [0, 0.05) is 15.4 Å². The number of hydrogen-bond donors (Lipinski definition) is 2. The van der Waals surface area contributed by atoms with Crippen LogP contribution in [0.1, 0.15) is 24.1 Å². The number of carbonyl (C=O) groups is 1. The molecular weight excluding hydrogens is 312 g/mol. The second-order valence-corrected chi connectivity index (χ2v) is 7.20. The molecule has 2 aliphatic carbocycles. The molecule has 0 saturated heterocycles. The van der Waals surface area contributed by atoms with Crippen LogP contribution in [0.5, 0.6) is 0 Å². The van der Waals surface area contributed by atoms with E-state index in [1.807, 2.05) is 11.4 Å². The highest BCUT2D eigenvalue weighted by atomic mass is 79.9. The number of carbonyl (C=O) groups excluding carboxylic acids is 1. The molecule has 2 fully saturated rings. The maximum Gasteiger partial charge on any atom is 0.225 e. The summed E-state index contributed by atoms with van der Waals surface area (Å²) < 4.78 is 1.07. The number of halogens is 1. The van der Waals surface area contributed by atoms with E-state index in [1.54, 1.807) is 11.3 Å². The molecule has 0 aromatic carbocycles. The second kappa shape index (κ2) is 4.94. The van der Waals surface area contributed by atoms with E-state index in [0.29, 0.717) is 18.4 Å². The maximum absolute atomic E-state index is 12.3. The van der Waals surface area contributed by atoms with E-state index in [4.69, 9.17) is 5.73 Å². The van der Waals surface area contributed by atoms with Gasteiger partial charge < -0.3 is 11.1 Å². The Kier molecular flexibility index (Phi) is 3.47. The van der Waals surface area contributed by atoms with Crippen molar-refractivity contribution in [3.8, 4) is 0 Å². The number of amides is 1. The van der Waals surface area contributed by atoms with Crippen LogP contribution >= 0.6 is 27.3 Å². The predicted molar refractivity (Wildman–Crippen MR) is 76.2 cm³/mol. The summed E-state index contributed by atoms with van der Waals surface area (Å²) in [6.45, 7) is 0.609. The lowest BCUT2D eigenvalue weighted by Crippen LogP contribution is -2.45. The second-order valence-electron chi connectivity index (χ2n) is 5.35. The third-order valence-electron chi connectivity index (χ3n) is 4.40. The number of nitrogens with one attached hydrogen (secondary N) is 1. The van der Waals surface area contributed by atoms with Gasteiger partial charge in [0.2, 0.25) is 5.91 Å². The lowest BCUT2D eigenvalue weighted by molar-refractivity contribution is -0.127. The minimum Gasteiger partial charge on any atom is -0.351 e. The molecule has 1 heterocycles. The first-order valence-electron chi connectivity index (χ1n) is 6.42. The van der Waals surface area contributed by atoms with Gasteiger partial charge in [0.1, 0.15) is 0 Å². The van der Waals surface area contributed by atoms with Gasteiger partial charge in [-0.15, -0.1) is 11.3 Å². The lowest BCUT2D eigenvalue weighted by atomic mass is 9.84. The number of rotatable bonds is 3. The summed E-state index contributed by atoms with van der Waals surface area (Å²) >= 11 is 5.14. The number of nitrogens with two attached hydrogens (primary N) is 1. The molecule has 2 aliphatic rings. The highest BCUT2D eigenvalue weighted by molar-refractivity contribution is 9.10. The molecule has 2 saturated carbocycles. The van der Waals surface area contributed by atoms with Gasteiger partial charge in [0.25, 0.3) is 0 Å². The zero-order valence-electron chi connectivity index (χ0n) is 10.1. The first-order valence-corrected chi connectivity index (χ1v) is 8.09. The summed E-state index contributed by atoms with van der Waals surface area (Å²) in [6.07, 6.45) is 3.55. The van der Waals surface area contributed by atoms with E-state index >= 15 is 0 Å². The third-order valence-corrected chi connectivity index (χ3v) is 6.32. The average molecular weight is 329 g/mol. The molecule has 0 spiro atoms. The maximum atomic E-state index is 12.3. The lowest BCUT2D eigenvalue weighted by Gasteiger charge is -2.26. The van der Waals surface area contributed by atoms with Crippen molar-refractivity contribution in [2.24, 2.45) is 23.5 Å². The summed E-state index contributed by atoms with van der Waals surface area (Å²) in [6, 6.07) is 2.09. The number of hydrogen-bond acceptors (Lipinski definition) is 3. The van der Waals surface area contributed by atoms with Crippen LogP contribution in [-0.2, 0) is 11.3 Å². The molecule has 5 heteroatoms. The smallest absolute Gasteiger partial charge is 0.225 e. The Morgan fingerprint density at radius 2 is 2.28 bits per heavy atom. The Hall–Kier alpha value is -0.390. The number of thiophene rings is 1. The van der Waals surface area contributed by atoms with E-state index in [-0.39, 0.29) is 17.9 Å². The van der Waals surface area contributed by atoms with E-state index in [1.165, 1.54) is 17.7 Å². The van der Waals surface area contributed by atoms with Gasteiger partial charge >= 0.3 is 0 Å². The molecule has 98 valence electrons. The van der Waals surface area contributed by atoms with Gasteiger partial charge in [-0.3, -0.25) is 4.79 Å². The summed E-state index contributed by atoms with van der Waals surface area (Å²) in [5.74, 6) is 1.30. The van der Waals surface area contributed by atoms with Crippen molar-refractivity contribution in [1.82, 2.24) is 5.32 Å². The molecule has 1 aromatic rings. The van der Waals surface area contributed by atoms with E-state index in [9.17, 15) is 4.79 Å². The molecule has 3 N–H and O–H groups in total. The fourth-order valence-electron chi connectivity index (χ4n) is 3.46. The summed E-state index contributed by atoms with van der Waals surface area (Å²) in [5.41, 5.74) is 6.18. The fraction of sp³-hybridized carbons (Fsp3) is 0.615. The van der Waals surface area contributed by atoms with Crippen LogP contribution in [0, 0.1) is 17.8 Å². The van der Waals surface area contributed by atoms with Crippen molar-refractivity contribution in [3.05, 3.63) is 20.8 Å². The van der Waals surface area contributed by atoms with Crippen molar-refractivity contribution in [3.63, 3.8) is 0 Å². The van der Waals surface area contributed by atoms with Gasteiger partial charge in [-0.25, -0.2) is 0 Å². The highest BCUT2D eigenvalue weighted by Crippen LogP contribution is 2.47. The Morgan fingerprint density at radius 1 is 1.50 bits per heavy atom. The zero-order valence-corrected chi connectivity index (χ0v) is 12.5. The molecule has 4 unspecified atom stereocenters. The molecule has 0 radical (unpaired) electrons. The Bertz CT molecular complexity index is 460.